The summed E-state index contributed by atoms with van der Waals surface area (Å²) in [6.07, 6.45) is 1.00. The molecule has 0 bridgehead atoms. The summed E-state index contributed by atoms with van der Waals surface area (Å²) in [5.41, 5.74) is -0.794. The second-order valence-electron chi connectivity index (χ2n) is 1.49. The molecule has 1 rings (SSSR count). The van der Waals surface area contributed by atoms with Crippen molar-refractivity contribution in [3.8, 4) is 0 Å². The maximum absolute atomic E-state index is 11.6. The fourth-order valence-corrected chi connectivity index (χ4v) is 0.458. The molecule has 0 amide bonds. The summed E-state index contributed by atoms with van der Waals surface area (Å²) in [5.74, 6) is -0.569. The van der Waals surface area contributed by atoms with Crippen LogP contribution in [-0.4, -0.2) is 9.97 Å². The summed E-state index contributed by atoms with van der Waals surface area (Å²) >= 11 is 0. The van der Waals surface area contributed by atoms with Crippen LogP contribution in [0.2, 0.25) is 0 Å². The summed E-state index contributed by atoms with van der Waals surface area (Å²) in [7, 11) is 0. The van der Waals surface area contributed by atoms with Gasteiger partial charge in [0.05, 0.1) is 0 Å². The molecule has 1 N–H and O–H groups in total. The molecule has 1 heterocycles. The lowest BCUT2D eigenvalue weighted by Crippen LogP contribution is -2.12. The Morgan fingerprint density at radius 2 is 2.30 bits per heavy atom. The van der Waals surface area contributed by atoms with Crippen molar-refractivity contribution < 1.29 is 8.96 Å². The number of aromatic amines is 1. The van der Waals surface area contributed by atoms with Crippen LogP contribution >= 0.6 is 0 Å². The lowest BCUT2D eigenvalue weighted by atomic mass is 10.6. The van der Waals surface area contributed by atoms with Gasteiger partial charge >= 0.3 is 5.69 Å². The Bertz CT molecular complexity index is 271. The van der Waals surface area contributed by atoms with Crippen LogP contribution in [0.15, 0.2) is 17.1 Å². The van der Waals surface area contributed by atoms with Crippen molar-refractivity contribution in [2.45, 2.75) is 0 Å². The molecule has 0 fully saturated rings. The second kappa shape index (κ2) is 2.42. The Morgan fingerprint density at radius 3 is 2.70 bits per heavy atom. The monoisotopic (exact) mass is 147 g/mol. The van der Waals surface area contributed by atoms with E-state index in [-0.39, 0.29) is 0 Å². The first kappa shape index (κ1) is 6.66. The average molecular weight is 147 g/mol. The molecule has 54 valence electrons. The first-order valence-electron chi connectivity index (χ1n) is 2.37. The quantitative estimate of drug-likeness (QED) is 0.583. The Labute approximate surface area is 54.0 Å². The van der Waals surface area contributed by atoms with Crippen LogP contribution in [0.5, 0.6) is 0 Å². The van der Waals surface area contributed by atoms with E-state index in [9.17, 15) is 13.8 Å². The third-order valence-electron chi connectivity index (χ3n) is 0.841. The number of halogens is 2. The predicted molar refractivity (Wildman–Crippen MR) is 29.6 cm³/mol. The molecule has 4 nitrogen and oxygen atoms in total. The van der Waals surface area contributed by atoms with Gasteiger partial charge in [-0.1, -0.05) is 8.96 Å². The van der Waals surface area contributed by atoms with Crippen LogP contribution < -0.4 is 11.0 Å². The van der Waals surface area contributed by atoms with Crippen molar-refractivity contribution in [2.75, 3.05) is 5.34 Å². The molecule has 0 aromatic carbocycles. The van der Waals surface area contributed by atoms with E-state index < -0.39 is 16.9 Å². The van der Waals surface area contributed by atoms with Gasteiger partial charge in [0, 0.05) is 12.3 Å². The lowest BCUT2D eigenvalue weighted by Gasteiger charge is -1.97. The Balaban J connectivity index is 3.07. The van der Waals surface area contributed by atoms with Gasteiger partial charge in [-0.15, -0.1) is 0 Å². The zero-order valence-corrected chi connectivity index (χ0v) is 4.71. The molecular formula is C4H3F2N3O. The number of hydrogen-bond acceptors (Lipinski definition) is 3. The fraction of sp³-hybridized carbons (Fsp3) is 0. The molecular weight excluding hydrogens is 144 g/mol. The van der Waals surface area contributed by atoms with Crippen molar-refractivity contribution in [1.82, 2.24) is 9.97 Å². The molecule has 0 atom stereocenters. The number of H-pyrrole nitrogens is 1. The second-order valence-corrected chi connectivity index (χ2v) is 1.49. The van der Waals surface area contributed by atoms with Gasteiger partial charge in [-0.05, 0) is 5.34 Å². The van der Waals surface area contributed by atoms with Crippen LogP contribution in [0, 0.1) is 0 Å². The smallest absolute Gasteiger partial charge is 0.288 e. The molecule has 6 heteroatoms. The molecule has 0 unspecified atom stereocenters. The first-order chi connectivity index (χ1) is 4.70. The van der Waals surface area contributed by atoms with Crippen molar-refractivity contribution in [3.05, 3.63) is 22.7 Å². The van der Waals surface area contributed by atoms with E-state index >= 15 is 0 Å². The van der Waals surface area contributed by atoms with Gasteiger partial charge in [-0.2, -0.15) is 0 Å². The molecule has 0 aliphatic carbocycles. The fourth-order valence-electron chi connectivity index (χ4n) is 0.458. The number of hydrogen-bond donors (Lipinski definition) is 1. The largest absolute Gasteiger partial charge is 0.346 e. The highest BCUT2D eigenvalue weighted by molar-refractivity contribution is 5.28. The minimum Gasteiger partial charge on any atom is -0.288 e. The predicted octanol–water partition coefficient (Wildman–Crippen LogP) is 0.345. The standard InChI is InChI=1S/C4H3F2N3O/c5-9(6)3-1-2-7-4(10)8-3/h1-2H,(H,7,8,10). The number of aromatic nitrogens is 2. The minimum atomic E-state index is -1.19. The highest BCUT2D eigenvalue weighted by Gasteiger charge is 2.01. The number of rotatable bonds is 1. The molecule has 0 aliphatic rings. The van der Waals surface area contributed by atoms with Crippen LogP contribution in [0.4, 0.5) is 14.8 Å². The molecule has 1 aromatic heterocycles. The highest BCUT2D eigenvalue weighted by atomic mass is 19.4. The van der Waals surface area contributed by atoms with Crippen LogP contribution in [-0.2, 0) is 0 Å². The lowest BCUT2D eigenvalue weighted by molar-refractivity contribution is 0.231. The molecule has 0 saturated heterocycles. The van der Waals surface area contributed by atoms with Crippen LogP contribution in [0.25, 0.3) is 0 Å². The summed E-state index contributed by atoms with van der Waals surface area (Å²) in [5, 5.41) is -1.19. The van der Waals surface area contributed by atoms with E-state index in [1.165, 1.54) is 0 Å². The minimum absolute atomic E-state index is 0.569. The van der Waals surface area contributed by atoms with Gasteiger partial charge in [0.2, 0.25) is 0 Å². The third kappa shape index (κ3) is 1.28. The molecule has 0 spiro atoms. The van der Waals surface area contributed by atoms with E-state index in [2.05, 4.69) is 4.98 Å². The highest BCUT2D eigenvalue weighted by Crippen LogP contribution is 2.05. The summed E-state index contributed by atoms with van der Waals surface area (Å²) < 4.78 is 23.2. The third-order valence-corrected chi connectivity index (χ3v) is 0.841. The first-order valence-corrected chi connectivity index (χ1v) is 2.37. The van der Waals surface area contributed by atoms with Gasteiger partial charge in [-0.25, -0.2) is 9.78 Å². The van der Waals surface area contributed by atoms with E-state index in [0.29, 0.717) is 0 Å². The summed E-state index contributed by atoms with van der Waals surface area (Å²) in [6, 6.07) is 0.988. The Kier molecular flexibility index (Phi) is 1.61. The van der Waals surface area contributed by atoms with E-state index in [0.717, 1.165) is 12.3 Å². The Morgan fingerprint density at radius 1 is 1.60 bits per heavy atom. The van der Waals surface area contributed by atoms with E-state index in [4.69, 9.17) is 0 Å². The zero-order chi connectivity index (χ0) is 7.56. The molecule has 10 heavy (non-hydrogen) atoms. The summed E-state index contributed by atoms with van der Waals surface area (Å²) in [4.78, 5) is 15.2. The normalized spacial score (nSPS) is 9.40. The number of nitrogens with one attached hydrogen (secondary N) is 1. The Hall–Kier alpha value is -1.46. The molecule has 0 aliphatic heterocycles. The van der Waals surface area contributed by atoms with Gasteiger partial charge in [0.25, 0.3) is 0 Å². The van der Waals surface area contributed by atoms with Gasteiger partial charge in [-0.3, -0.25) is 4.98 Å². The maximum atomic E-state index is 11.6. The van der Waals surface area contributed by atoms with Crippen molar-refractivity contribution in [3.63, 3.8) is 0 Å². The molecule has 0 saturated carbocycles. The van der Waals surface area contributed by atoms with Crippen LogP contribution in [0.3, 0.4) is 0 Å². The topological polar surface area (TPSA) is 49.0 Å². The van der Waals surface area contributed by atoms with Crippen LogP contribution in [0.1, 0.15) is 0 Å². The van der Waals surface area contributed by atoms with Gasteiger partial charge < -0.3 is 0 Å². The number of anilines is 1. The summed E-state index contributed by atoms with van der Waals surface area (Å²) in [6.45, 7) is 0. The maximum Gasteiger partial charge on any atom is 0.346 e. The zero-order valence-electron chi connectivity index (χ0n) is 4.71. The SMILES string of the molecule is O=c1nccc(N(F)F)[nH]1. The number of nitrogens with zero attached hydrogens (tertiary/aromatic N) is 2. The van der Waals surface area contributed by atoms with Crippen molar-refractivity contribution in [1.29, 1.82) is 0 Å². The van der Waals surface area contributed by atoms with E-state index in [1.807, 2.05) is 4.98 Å². The molecule has 1 aromatic rings. The van der Waals surface area contributed by atoms with E-state index in [1.54, 1.807) is 0 Å². The van der Waals surface area contributed by atoms with Crippen molar-refractivity contribution >= 4 is 5.82 Å². The van der Waals surface area contributed by atoms with Gasteiger partial charge in [0.15, 0.2) is 5.82 Å². The molecule has 0 radical (unpaired) electrons. The van der Waals surface area contributed by atoms with Crippen molar-refractivity contribution in [2.24, 2.45) is 0 Å². The van der Waals surface area contributed by atoms with Gasteiger partial charge in [0.1, 0.15) is 0 Å². The average Bonchev–Trinajstić information content (AvgIpc) is 1.88.